The van der Waals surface area contributed by atoms with E-state index in [1.165, 1.54) is 0 Å². The maximum Gasteiger partial charge on any atom is 0.621 e. The standard InChI is InChI=1S/C13H10NO2.C6H8O2/c15-13-14(16-13,11-7-3-1-4-8-11)12-9-5-2-6-10-12;1-3-5-6(7)8-4-2/h1-10H;4H2,1-2H3/q+1;. The summed E-state index contributed by atoms with van der Waals surface area (Å²) in [5.74, 6) is 4.21. The van der Waals surface area contributed by atoms with E-state index < -0.39 is 5.97 Å². The second kappa shape index (κ2) is 7.95. The Hall–Kier alpha value is -3.10. The second-order valence-corrected chi connectivity index (χ2v) is 4.73. The Bertz CT molecular complexity index is 721. The molecule has 1 aliphatic heterocycles. The average Bonchev–Trinajstić information content (AvgIpc) is 3.30. The minimum atomic E-state index is -0.449. The van der Waals surface area contributed by atoms with Crippen LogP contribution in [0.15, 0.2) is 60.7 Å². The molecule has 0 bridgehead atoms. The van der Waals surface area contributed by atoms with Crippen molar-refractivity contribution in [2.45, 2.75) is 13.8 Å². The Kier molecular flexibility index (Phi) is 5.72. The van der Waals surface area contributed by atoms with Crippen LogP contribution in [0.5, 0.6) is 0 Å². The molecule has 0 aliphatic carbocycles. The highest BCUT2D eigenvalue weighted by Crippen LogP contribution is 2.45. The summed E-state index contributed by atoms with van der Waals surface area (Å²) in [4.78, 5) is 27.0. The fourth-order valence-corrected chi connectivity index (χ4v) is 2.11. The maximum atomic E-state index is 11.6. The molecule has 0 unspecified atom stereocenters. The molecule has 1 aliphatic rings. The fraction of sp³-hybridized carbons (Fsp3) is 0.158. The molecule has 0 aromatic heterocycles. The van der Waals surface area contributed by atoms with Crippen molar-refractivity contribution >= 4 is 23.4 Å². The number of hydroxylamine groups is 1. The highest BCUT2D eigenvalue weighted by atomic mass is 16.9. The summed E-state index contributed by atoms with van der Waals surface area (Å²) in [5.41, 5.74) is 1.66. The third-order valence-electron chi connectivity index (χ3n) is 3.18. The van der Waals surface area contributed by atoms with Crippen LogP contribution in [-0.4, -0.2) is 18.7 Å². The molecule has 24 heavy (non-hydrogen) atoms. The van der Waals surface area contributed by atoms with Gasteiger partial charge in [-0.15, -0.1) is 0 Å². The van der Waals surface area contributed by atoms with Crippen LogP contribution in [-0.2, 0) is 14.4 Å². The van der Waals surface area contributed by atoms with E-state index in [1.54, 1.807) is 13.8 Å². The minimum absolute atomic E-state index is 0.123. The molecule has 0 saturated carbocycles. The lowest BCUT2D eigenvalue weighted by Gasteiger charge is -2.05. The quantitative estimate of drug-likeness (QED) is 0.282. The van der Waals surface area contributed by atoms with Crippen molar-refractivity contribution in [3.63, 3.8) is 0 Å². The largest absolute Gasteiger partial charge is 0.621 e. The van der Waals surface area contributed by atoms with E-state index in [0.717, 1.165) is 11.4 Å². The minimum Gasteiger partial charge on any atom is -0.456 e. The van der Waals surface area contributed by atoms with Gasteiger partial charge in [0.15, 0.2) is 11.4 Å². The van der Waals surface area contributed by atoms with Crippen LogP contribution in [0.2, 0.25) is 0 Å². The van der Waals surface area contributed by atoms with Crippen molar-refractivity contribution < 1.29 is 19.2 Å². The van der Waals surface area contributed by atoms with E-state index in [9.17, 15) is 9.59 Å². The van der Waals surface area contributed by atoms with E-state index in [4.69, 9.17) is 4.84 Å². The number of carbonyl (C=O) groups excluding carboxylic acids is 2. The highest BCUT2D eigenvalue weighted by molar-refractivity contribution is 5.98. The molecule has 0 spiro atoms. The summed E-state index contributed by atoms with van der Waals surface area (Å²) in [7, 11) is 0. The molecule has 0 atom stereocenters. The van der Waals surface area contributed by atoms with Crippen LogP contribution < -0.4 is 4.65 Å². The molecule has 1 heterocycles. The van der Waals surface area contributed by atoms with Gasteiger partial charge in [-0.2, -0.15) is 9.63 Å². The third-order valence-corrected chi connectivity index (χ3v) is 3.18. The molecule has 5 nitrogen and oxygen atoms in total. The number of carbonyl (C=O) groups is 2. The van der Waals surface area contributed by atoms with Crippen molar-refractivity contribution in [1.82, 2.24) is 4.65 Å². The number of para-hydroxylation sites is 2. The van der Waals surface area contributed by atoms with Gasteiger partial charge in [0, 0.05) is 34.8 Å². The lowest BCUT2D eigenvalue weighted by molar-refractivity contribution is -0.136. The van der Waals surface area contributed by atoms with Gasteiger partial charge in [0.2, 0.25) is 0 Å². The zero-order valence-electron chi connectivity index (χ0n) is 13.6. The summed E-state index contributed by atoms with van der Waals surface area (Å²) in [5, 5.41) is 0. The molecule has 1 amide bonds. The van der Waals surface area contributed by atoms with E-state index in [-0.39, 0.29) is 10.7 Å². The van der Waals surface area contributed by atoms with Gasteiger partial charge in [-0.1, -0.05) is 42.3 Å². The normalized spacial score (nSPS) is 13.3. The number of ether oxygens (including phenoxy) is 1. The number of nitrogens with zero attached hydrogens (tertiary/aromatic N) is 1. The van der Waals surface area contributed by atoms with E-state index in [2.05, 4.69) is 16.6 Å². The molecule has 2 aromatic carbocycles. The van der Waals surface area contributed by atoms with Gasteiger partial charge >= 0.3 is 12.1 Å². The van der Waals surface area contributed by atoms with Crippen LogP contribution in [0.1, 0.15) is 13.8 Å². The number of hydrogen-bond donors (Lipinski definition) is 0. The third kappa shape index (κ3) is 3.80. The summed E-state index contributed by atoms with van der Waals surface area (Å²) in [6.45, 7) is 3.74. The number of hydrogen-bond acceptors (Lipinski definition) is 4. The topological polar surface area (TPSA) is 55.9 Å². The Labute approximate surface area is 141 Å². The Morgan fingerprint density at radius 2 is 1.50 bits per heavy atom. The lowest BCUT2D eigenvalue weighted by atomic mass is 10.2. The van der Waals surface area contributed by atoms with Crippen LogP contribution >= 0.6 is 0 Å². The van der Waals surface area contributed by atoms with Gasteiger partial charge in [-0.05, 0) is 13.8 Å². The first kappa shape index (κ1) is 17.3. The average molecular weight is 324 g/mol. The SMILES string of the molecule is CC#CC(=O)OCC.O=C1O[N+]1(c1ccccc1)c1ccccc1. The molecule has 1 fully saturated rings. The number of amides is 1. The van der Waals surface area contributed by atoms with E-state index in [0.29, 0.717) is 6.61 Å². The van der Waals surface area contributed by atoms with Gasteiger partial charge in [0.25, 0.3) is 0 Å². The molecule has 0 radical (unpaired) electrons. The maximum absolute atomic E-state index is 11.6. The highest BCUT2D eigenvalue weighted by Gasteiger charge is 2.66. The first-order chi connectivity index (χ1) is 11.6. The van der Waals surface area contributed by atoms with Gasteiger partial charge in [0.05, 0.1) is 6.61 Å². The van der Waals surface area contributed by atoms with E-state index >= 15 is 0 Å². The van der Waals surface area contributed by atoms with Crippen molar-refractivity contribution in [1.29, 1.82) is 0 Å². The smallest absolute Gasteiger partial charge is 0.456 e. The van der Waals surface area contributed by atoms with Crippen molar-refractivity contribution in [2.75, 3.05) is 6.61 Å². The number of benzene rings is 2. The molecule has 0 N–H and O–H groups in total. The molecule has 5 heteroatoms. The molecule has 3 rings (SSSR count). The van der Waals surface area contributed by atoms with Gasteiger partial charge < -0.3 is 4.74 Å². The first-order valence-electron chi connectivity index (χ1n) is 7.49. The second-order valence-electron chi connectivity index (χ2n) is 4.73. The number of esters is 1. The summed E-state index contributed by atoms with van der Waals surface area (Å²) >= 11 is 0. The fourth-order valence-electron chi connectivity index (χ4n) is 2.11. The Morgan fingerprint density at radius 3 is 1.83 bits per heavy atom. The van der Waals surface area contributed by atoms with Crippen molar-refractivity contribution in [3.05, 3.63) is 60.7 Å². The van der Waals surface area contributed by atoms with Gasteiger partial charge in [-0.25, -0.2) is 4.79 Å². The van der Waals surface area contributed by atoms with Gasteiger partial charge in [-0.3, -0.25) is 0 Å². The molecular weight excluding hydrogens is 306 g/mol. The van der Waals surface area contributed by atoms with E-state index in [1.807, 2.05) is 60.7 Å². The molecule has 1 saturated heterocycles. The zero-order chi connectivity index (χ0) is 17.4. The number of rotatable bonds is 3. The van der Waals surface area contributed by atoms with Crippen LogP contribution in [0.4, 0.5) is 16.2 Å². The number of quaternary nitrogens is 1. The first-order valence-corrected chi connectivity index (χ1v) is 7.49. The van der Waals surface area contributed by atoms with Crippen molar-refractivity contribution in [2.24, 2.45) is 0 Å². The van der Waals surface area contributed by atoms with Crippen LogP contribution in [0, 0.1) is 11.8 Å². The predicted molar refractivity (Wildman–Crippen MR) is 90.9 cm³/mol. The Balaban J connectivity index is 0.000000224. The summed E-state index contributed by atoms with van der Waals surface area (Å²) < 4.78 is 4.35. The molecule has 2 aromatic rings. The van der Waals surface area contributed by atoms with Crippen LogP contribution in [0.3, 0.4) is 0 Å². The molecule has 122 valence electrons. The van der Waals surface area contributed by atoms with Crippen LogP contribution in [0.25, 0.3) is 0 Å². The Morgan fingerprint density at radius 1 is 1.04 bits per heavy atom. The zero-order valence-corrected chi connectivity index (χ0v) is 13.6. The monoisotopic (exact) mass is 324 g/mol. The van der Waals surface area contributed by atoms with Crippen molar-refractivity contribution in [3.8, 4) is 11.8 Å². The summed E-state index contributed by atoms with van der Waals surface area (Å²) in [6.07, 6.45) is -0.239. The lowest BCUT2D eigenvalue weighted by Crippen LogP contribution is -2.19. The van der Waals surface area contributed by atoms with Gasteiger partial charge in [0.1, 0.15) is 0 Å². The predicted octanol–water partition coefficient (Wildman–Crippen LogP) is 3.96. The molecular formula is C19H18NO4+. The summed E-state index contributed by atoms with van der Waals surface area (Å²) in [6, 6.07) is 19.0.